The summed E-state index contributed by atoms with van der Waals surface area (Å²) in [6.45, 7) is 3.54. The molecule has 0 saturated heterocycles. The highest BCUT2D eigenvalue weighted by atomic mass is 127. The van der Waals surface area contributed by atoms with Crippen LogP contribution in [-0.2, 0) is 6.54 Å². The number of aromatic nitrogens is 3. The minimum atomic E-state index is -0.196. The van der Waals surface area contributed by atoms with E-state index in [0.29, 0.717) is 31.4 Å². The number of carbonyl (C=O) groups is 1. The van der Waals surface area contributed by atoms with Gasteiger partial charge in [-0.1, -0.05) is 6.07 Å². The standard InChI is InChI=1S/C18H23N7O2.HI/c1-13-7-11-27-16(13)17(26)20-8-5-9-21-18(19-2)22-12-15-24-23-14-6-3-4-10-25(14)15;/h3-4,6-7,10-11H,5,8-9,12H2,1-2H3,(H,20,26)(H2,19,21,22);1H. The summed E-state index contributed by atoms with van der Waals surface area (Å²) >= 11 is 0. The van der Waals surface area contributed by atoms with Crippen LogP contribution in [0.4, 0.5) is 0 Å². The van der Waals surface area contributed by atoms with E-state index >= 15 is 0 Å². The normalized spacial score (nSPS) is 11.1. The molecular formula is C18H24IN7O2. The largest absolute Gasteiger partial charge is 0.459 e. The van der Waals surface area contributed by atoms with Gasteiger partial charge in [-0.3, -0.25) is 14.2 Å². The highest BCUT2D eigenvalue weighted by molar-refractivity contribution is 14.0. The van der Waals surface area contributed by atoms with E-state index in [0.717, 1.165) is 23.5 Å². The first-order chi connectivity index (χ1) is 13.2. The second-order valence-corrected chi connectivity index (χ2v) is 5.94. The molecule has 3 heterocycles. The first-order valence-corrected chi connectivity index (χ1v) is 8.74. The van der Waals surface area contributed by atoms with Gasteiger partial charge in [-0.2, -0.15) is 0 Å². The Kier molecular flexibility index (Phi) is 8.23. The molecule has 3 aromatic heterocycles. The van der Waals surface area contributed by atoms with Gasteiger partial charge >= 0.3 is 0 Å². The molecule has 0 saturated carbocycles. The number of rotatable bonds is 7. The number of hydrogen-bond acceptors (Lipinski definition) is 5. The molecule has 10 heteroatoms. The number of amides is 1. The third-order valence-electron chi connectivity index (χ3n) is 4.02. The maximum absolute atomic E-state index is 11.9. The molecule has 0 unspecified atom stereocenters. The van der Waals surface area contributed by atoms with Gasteiger partial charge in [-0.05, 0) is 31.5 Å². The average molecular weight is 497 g/mol. The molecule has 1 amide bonds. The fourth-order valence-electron chi connectivity index (χ4n) is 2.58. The maximum atomic E-state index is 11.9. The Hall–Kier alpha value is -2.63. The van der Waals surface area contributed by atoms with Crippen molar-refractivity contribution >= 4 is 41.5 Å². The zero-order chi connectivity index (χ0) is 19.1. The quantitative estimate of drug-likeness (QED) is 0.199. The summed E-state index contributed by atoms with van der Waals surface area (Å²) in [5.41, 5.74) is 1.64. The Balaban J connectivity index is 0.00000280. The van der Waals surface area contributed by atoms with E-state index in [2.05, 4.69) is 31.1 Å². The second kappa shape index (κ2) is 10.6. The van der Waals surface area contributed by atoms with Gasteiger partial charge in [0.1, 0.15) is 0 Å². The fraction of sp³-hybridized carbons (Fsp3) is 0.333. The van der Waals surface area contributed by atoms with Crippen LogP contribution in [0.1, 0.15) is 28.4 Å². The first kappa shape index (κ1) is 21.7. The van der Waals surface area contributed by atoms with Crippen LogP contribution in [0.3, 0.4) is 0 Å². The topological polar surface area (TPSA) is 109 Å². The molecule has 0 fully saturated rings. The van der Waals surface area contributed by atoms with Crippen molar-refractivity contribution in [2.45, 2.75) is 19.9 Å². The van der Waals surface area contributed by atoms with Crippen LogP contribution in [0.5, 0.6) is 0 Å². The van der Waals surface area contributed by atoms with Crippen molar-refractivity contribution in [1.82, 2.24) is 30.5 Å². The molecule has 3 aromatic rings. The first-order valence-electron chi connectivity index (χ1n) is 8.74. The lowest BCUT2D eigenvalue weighted by atomic mass is 10.2. The van der Waals surface area contributed by atoms with Gasteiger partial charge in [-0.15, -0.1) is 34.2 Å². The van der Waals surface area contributed by atoms with Crippen LogP contribution in [0.25, 0.3) is 5.65 Å². The number of halogens is 1. The van der Waals surface area contributed by atoms with E-state index in [1.54, 1.807) is 13.1 Å². The molecule has 28 heavy (non-hydrogen) atoms. The van der Waals surface area contributed by atoms with Crippen molar-refractivity contribution in [2.24, 2.45) is 4.99 Å². The minimum absolute atomic E-state index is 0. The van der Waals surface area contributed by atoms with Gasteiger partial charge in [0.05, 0.1) is 12.8 Å². The molecule has 150 valence electrons. The van der Waals surface area contributed by atoms with Crippen LogP contribution >= 0.6 is 24.0 Å². The predicted octanol–water partition coefficient (Wildman–Crippen LogP) is 1.73. The van der Waals surface area contributed by atoms with Crippen molar-refractivity contribution in [3.8, 4) is 0 Å². The zero-order valence-electron chi connectivity index (χ0n) is 15.8. The van der Waals surface area contributed by atoms with Gasteiger partial charge < -0.3 is 20.4 Å². The van der Waals surface area contributed by atoms with Gasteiger partial charge in [-0.25, -0.2) is 0 Å². The number of aliphatic imine (C=N–C) groups is 1. The highest BCUT2D eigenvalue weighted by Crippen LogP contribution is 2.07. The molecule has 0 radical (unpaired) electrons. The number of carbonyl (C=O) groups excluding carboxylic acids is 1. The Bertz CT molecular complexity index is 935. The van der Waals surface area contributed by atoms with Crippen molar-refractivity contribution < 1.29 is 9.21 Å². The molecule has 0 aliphatic heterocycles. The Morgan fingerprint density at radius 1 is 1.18 bits per heavy atom. The predicted molar refractivity (Wildman–Crippen MR) is 117 cm³/mol. The Morgan fingerprint density at radius 3 is 2.75 bits per heavy atom. The molecule has 0 spiro atoms. The third kappa shape index (κ3) is 5.44. The van der Waals surface area contributed by atoms with E-state index in [9.17, 15) is 4.79 Å². The number of hydrogen-bond donors (Lipinski definition) is 3. The summed E-state index contributed by atoms with van der Waals surface area (Å²) in [6, 6.07) is 7.53. The van der Waals surface area contributed by atoms with Gasteiger partial charge in [0.2, 0.25) is 0 Å². The number of aryl methyl sites for hydroxylation is 1. The molecule has 0 aliphatic rings. The van der Waals surface area contributed by atoms with E-state index in [-0.39, 0.29) is 29.9 Å². The molecule has 0 aliphatic carbocycles. The minimum Gasteiger partial charge on any atom is -0.459 e. The van der Waals surface area contributed by atoms with Crippen molar-refractivity contribution in [2.75, 3.05) is 20.1 Å². The number of guanidine groups is 1. The number of pyridine rings is 1. The van der Waals surface area contributed by atoms with Gasteiger partial charge in [0.15, 0.2) is 23.2 Å². The smallest absolute Gasteiger partial charge is 0.287 e. The van der Waals surface area contributed by atoms with E-state index in [1.165, 1.54) is 6.26 Å². The maximum Gasteiger partial charge on any atom is 0.287 e. The summed E-state index contributed by atoms with van der Waals surface area (Å²) in [5, 5.41) is 17.5. The molecule has 3 rings (SSSR count). The lowest BCUT2D eigenvalue weighted by molar-refractivity contribution is 0.0925. The van der Waals surface area contributed by atoms with Crippen LogP contribution in [0.2, 0.25) is 0 Å². The molecule has 0 aromatic carbocycles. The Morgan fingerprint density at radius 2 is 2.00 bits per heavy atom. The van der Waals surface area contributed by atoms with E-state index < -0.39 is 0 Å². The number of nitrogens with zero attached hydrogens (tertiary/aromatic N) is 4. The van der Waals surface area contributed by atoms with Crippen LogP contribution in [0, 0.1) is 6.92 Å². The summed E-state index contributed by atoms with van der Waals surface area (Å²) in [7, 11) is 1.71. The lowest BCUT2D eigenvalue weighted by Gasteiger charge is -2.11. The lowest BCUT2D eigenvalue weighted by Crippen LogP contribution is -2.38. The molecule has 0 atom stereocenters. The summed E-state index contributed by atoms with van der Waals surface area (Å²) in [5.74, 6) is 1.63. The molecule has 9 nitrogen and oxygen atoms in total. The van der Waals surface area contributed by atoms with E-state index in [4.69, 9.17) is 4.42 Å². The second-order valence-electron chi connectivity index (χ2n) is 5.94. The summed E-state index contributed by atoms with van der Waals surface area (Å²) in [4.78, 5) is 16.1. The zero-order valence-corrected chi connectivity index (χ0v) is 18.1. The molecule has 0 bridgehead atoms. The van der Waals surface area contributed by atoms with Crippen LogP contribution in [-0.4, -0.2) is 46.6 Å². The van der Waals surface area contributed by atoms with E-state index in [1.807, 2.05) is 35.7 Å². The van der Waals surface area contributed by atoms with Gasteiger partial charge in [0, 0.05) is 31.9 Å². The van der Waals surface area contributed by atoms with Crippen LogP contribution < -0.4 is 16.0 Å². The summed E-state index contributed by atoms with van der Waals surface area (Å²) < 4.78 is 7.09. The molecule has 3 N–H and O–H groups in total. The van der Waals surface area contributed by atoms with Crippen molar-refractivity contribution in [3.63, 3.8) is 0 Å². The summed E-state index contributed by atoms with van der Waals surface area (Å²) in [6.07, 6.45) is 4.19. The monoisotopic (exact) mass is 497 g/mol. The Labute approximate surface area is 180 Å². The fourth-order valence-corrected chi connectivity index (χ4v) is 2.58. The third-order valence-corrected chi connectivity index (χ3v) is 4.02. The average Bonchev–Trinajstić information content (AvgIpc) is 3.30. The number of fused-ring (bicyclic) bond motifs is 1. The molecular weight excluding hydrogens is 473 g/mol. The van der Waals surface area contributed by atoms with Crippen molar-refractivity contribution in [1.29, 1.82) is 0 Å². The number of nitrogens with one attached hydrogen (secondary N) is 3. The van der Waals surface area contributed by atoms with Crippen LogP contribution in [0.15, 0.2) is 46.1 Å². The van der Waals surface area contributed by atoms with Crippen molar-refractivity contribution in [3.05, 3.63) is 53.9 Å². The SMILES string of the molecule is CN=C(NCCCNC(=O)c1occc1C)NCc1nnc2ccccn12.I. The number of furan rings is 1. The van der Waals surface area contributed by atoms with Gasteiger partial charge in [0.25, 0.3) is 5.91 Å². The highest BCUT2D eigenvalue weighted by Gasteiger charge is 2.11.